The second-order valence-electron chi connectivity index (χ2n) is 4.58. The fraction of sp³-hybridized carbons (Fsp3) is 0.429. The summed E-state index contributed by atoms with van der Waals surface area (Å²) in [5.41, 5.74) is 2.32. The van der Waals surface area contributed by atoms with Crippen LogP contribution in [0.5, 0.6) is 0 Å². The number of hydrogen-bond donors (Lipinski definition) is 1. The molecule has 1 N–H and O–H groups in total. The van der Waals surface area contributed by atoms with E-state index >= 15 is 0 Å². The fourth-order valence-electron chi connectivity index (χ4n) is 1.58. The summed E-state index contributed by atoms with van der Waals surface area (Å²) in [4.78, 5) is 25.0. The Labute approximate surface area is 117 Å². The van der Waals surface area contributed by atoms with Crippen molar-refractivity contribution >= 4 is 23.6 Å². The first-order chi connectivity index (χ1) is 8.82. The number of carbonyl (C=O) groups excluding carboxylic acids is 1. The summed E-state index contributed by atoms with van der Waals surface area (Å²) < 4.78 is 0. The molecule has 1 aromatic carbocycles. The summed E-state index contributed by atoms with van der Waals surface area (Å²) >= 11 is 1.44. The molecule has 0 heterocycles. The van der Waals surface area contributed by atoms with Crippen molar-refractivity contribution in [2.24, 2.45) is 0 Å². The predicted molar refractivity (Wildman–Crippen MR) is 76.5 cm³/mol. The minimum Gasteiger partial charge on any atom is -0.480 e. The average Bonchev–Trinajstić information content (AvgIpc) is 2.35. The summed E-state index contributed by atoms with van der Waals surface area (Å²) in [6, 6.07) is 5.26. The molecule has 0 aliphatic rings. The van der Waals surface area contributed by atoms with Crippen LogP contribution in [0.3, 0.4) is 0 Å². The number of carboxylic acid groups (broad SMARTS) is 1. The number of nitrogens with zero attached hydrogens (tertiary/aromatic N) is 1. The van der Waals surface area contributed by atoms with E-state index < -0.39 is 12.0 Å². The Kier molecular flexibility index (Phi) is 5.42. The Balaban J connectivity index is 2.61. The molecule has 0 aliphatic heterocycles. The van der Waals surface area contributed by atoms with Gasteiger partial charge < -0.3 is 10.0 Å². The zero-order valence-electron chi connectivity index (χ0n) is 11.6. The maximum atomic E-state index is 11.9. The van der Waals surface area contributed by atoms with Gasteiger partial charge in [-0.05, 0) is 32.4 Å². The topological polar surface area (TPSA) is 57.6 Å². The van der Waals surface area contributed by atoms with Crippen molar-refractivity contribution in [1.29, 1.82) is 0 Å². The van der Waals surface area contributed by atoms with Crippen LogP contribution in [0.2, 0.25) is 0 Å². The van der Waals surface area contributed by atoms with E-state index in [-0.39, 0.29) is 11.7 Å². The number of rotatable bonds is 5. The van der Waals surface area contributed by atoms with E-state index in [0.717, 1.165) is 10.5 Å². The Morgan fingerprint density at radius 3 is 2.53 bits per heavy atom. The number of carboxylic acids is 1. The zero-order chi connectivity index (χ0) is 14.6. The van der Waals surface area contributed by atoms with Gasteiger partial charge in [0.2, 0.25) is 5.91 Å². The first-order valence-electron chi connectivity index (χ1n) is 6.01. The second-order valence-corrected chi connectivity index (χ2v) is 5.59. The lowest BCUT2D eigenvalue weighted by Gasteiger charge is -2.21. The highest BCUT2D eigenvalue weighted by molar-refractivity contribution is 8.00. The number of carbonyl (C=O) groups is 2. The van der Waals surface area contributed by atoms with Gasteiger partial charge in [-0.25, -0.2) is 4.79 Å². The van der Waals surface area contributed by atoms with Crippen molar-refractivity contribution in [3.05, 3.63) is 29.3 Å². The van der Waals surface area contributed by atoms with Crippen LogP contribution in [0.25, 0.3) is 0 Å². The maximum Gasteiger partial charge on any atom is 0.326 e. The number of amides is 1. The molecule has 104 valence electrons. The van der Waals surface area contributed by atoms with Crippen LogP contribution in [0.1, 0.15) is 18.1 Å². The van der Waals surface area contributed by atoms with Crippen LogP contribution in [-0.4, -0.2) is 40.7 Å². The van der Waals surface area contributed by atoms with Crippen molar-refractivity contribution < 1.29 is 14.7 Å². The molecule has 0 bridgehead atoms. The molecular formula is C14H19NO3S. The Morgan fingerprint density at radius 2 is 2.00 bits per heavy atom. The molecule has 19 heavy (non-hydrogen) atoms. The third kappa shape index (κ3) is 4.28. The summed E-state index contributed by atoms with van der Waals surface area (Å²) in [5, 5.41) is 8.86. The van der Waals surface area contributed by atoms with Gasteiger partial charge in [0, 0.05) is 11.9 Å². The lowest BCUT2D eigenvalue weighted by molar-refractivity contribution is -0.147. The fourth-order valence-corrected chi connectivity index (χ4v) is 2.52. The minimum absolute atomic E-state index is 0.181. The van der Waals surface area contributed by atoms with E-state index in [1.807, 2.05) is 26.0 Å². The van der Waals surface area contributed by atoms with Crippen molar-refractivity contribution in [2.45, 2.75) is 31.7 Å². The van der Waals surface area contributed by atoms with E-state index in [9.17, 15) is 9.59 Å². The summed E-state index contributed by atoms with van der Waals surface area (Å²) in [5.74, 6) is -0.926. The molecule has 0 saturated heterocycles. The Hall–Kier alpha value is -1.49. The third-order valence-electron chi connectivity index (χ3n) is 3.01. The number of thioether (sulfide) groups is 1. The predicted octanol–water partition coefficient (Wildman–Crippen LogP) is 2.33. The number of aryl methyl sites for hydroxylation is 2. The molecular weight excluding hydrogens is 262 g/mol. The monoisotopic (exact) mass is 281 g/mol. The van der Waals surface area contributed by atoms with Crippen molar-refractivity contribution in [1.82, 2.24) is 4.90 Å². The molecule has 0 saturated carbocycles. The number of aliphatic carboxylic acids is 1. The highest BCUT2D eigenvalue weighted by Crippen LogP contribution is 2.23. The molecule has 4 nitrogen and oxygen atoms in total. The van der Waals surface area contributed by atoms with E-state index in [0.29, 0.717) is 0 Å². The van der Waals surface area contributed by atoms with Crippen LogP contribution in [0.4, 0.5) is 0 Å². The van der Waals surface area contributed by atoms with Gasteiger partial charge in [-0.3, -0.25) is 4.79 Å². The van der Waals surface area contributed by atoms with Crippen LogP contribution < -0.4 is 0 Å². The molecule has 5 heteroatoms. The summed E-state index contributed by atoms with van der Waals surface area (Å²) in [6.07, 6.45) is 0. The molecule has 0 aromatic heterocycles. The molecule has 0 aliphatic carbocycles. The summed E-state index contributed by atoms with van der Waals surface area (Å²) in [7, 11) is 1.52. The summed E-state index contributed by atoms with van der Waals surface area (Å²) in [6.45, 7) is 5.53. The van der Waals surface area contributed by atoms with E-state index in [2.05, 4.69) is 6.07 Å². The molecule has 0 spiro atoms. The standard InChI is InChI=1S/C14H19NO3S/c1-9-5-6-12(10(2)7-9)19-8-13(16)15(4)11(3)14(17)18/h5-7,11H,8H2,1-4H3,(H,17,18). The molecule has 1 aromatic rings. The van der Waals surface area contributed by atoms with E-state index in [1.54, 1.807) is 0 Å². The van der Waals surface area contributed by atoms with E-state index in [4.69, 9.17) is 5.11 Å². The van der Waals surface area contributed by atoms with Crippen molar-refractivity contribution in [3.63, 3.8) is 0 Å². The Bertz CT molecular complexity index is 488. The van der Waals surface area contributed by atoms with Crippen molar-refractivity contribution in [2.75, 3.05) is 12.8 Å². The smallest absolute Gasteiger partial charge is 0.326 e. The van der Waals surface area contributed by atoms with Crippen LogP contribution >= 0.6 is 11.8 Å². The largest absolute Gasteiger partial charge is 0.480 e. The molecule has 1 amide bonds. The van der Waals surface area contributed by atoms with Gasteiger partial charge in [-0.2, -0.15) is 0 Å². The normalized spacial score (nSPS) is 12.0. The Morgan fingerprint density at radius 1 is 1.37 bits per heavy atom. The first kappa shape index (κ1) is 15.6. The SMILES string of the molecule is Cc1ccc(SCC(=O)N(C)C(C)C(=O)O)c(C)c1. The number of benzene rings is 1. The van der Waals surface area contributed by atoms with Gasteiger partial charge in [-0.15, -0.1) is 11.8 Å². The molecule has 0 fully saturated rings. The number of hydrogen-bond acceptors (Lipinski definition) is 3. The molecule has 1 unspecified atom stereocenters. The van der Waals surface area contributed by atoms with Gasteiger partial charge in [0.05, 0.1) is 5.75 Å². The lowest BCUT2D eigenvalue weighted by Crippen LogP contribution is -2.41. The average molecular weight is 281 g/mol. The minimum atomic E-state index is -0.993. The zero-order valence-corrected chi connectivity index (χ0v) is 12.5. The quantitative estimate of drug-likeness (QED) is 0.842. The van der Waals surface area contributed by atoms with Crippen molar-refractivity contribution in [3.8, 4) is 0 Å². The highest BCUT2D eigenvalue weighted by Gasteiger charge is 2.21. The van der Waals surface area contributed by atoms with Gasteiger partial charge in [0.1, 0.15) is 6.04 Å². The van der Waals surface area contributed by atoms with Gasteiger partial charge in [0.25, 0.3) is 0 Å². The second kappa shape index (κ2) is 6.61. The van der Waals surface area contributed by atoms with E-state index in [1.165, 1.54) is 36.2 Å². The number of likely N-dealkylation sites (N-methyl/N-ethyl adjacent to an activating group) is 1. The van der Waals surface area contributed by atoms with Gasteiger partial charge >= 0.3 is 5.97 Å². The molecule has 1 atom stereocenters. The maximum absolute atomic E-state index is 11.9. The van der Waals surface area contributed by atoms with Crippen LogP contribution in [-0.2, 0) is 9.59 Å². The first-order valence-corrected chi connectivity index (χ1v) is 7.00. The highest BCUT2D eigenvalue weighted by atomic mass is 32.2. The molecule has 0 radical (unpaired) electrons. The van der Waals surface area contributed by atoms with Gasteiger partial charge in [-0.1, -0.05) is 17.7 Å². The van der Waals surface area contributed by atoms with Gasteiger partial charge in [0.15, 0.2) is 0 Å². The van der Waals surface area contributed by atoms with Crippen LogP contribution in [0.15, 0.2) is 23.1 Å². The third-order valence-corrected chi connectivity index (χ3v) is 4.17. The molecule has 1 rings (SSSR count). The van der Waals surface area contributed by atoms with Crippen LogP contribution in [0, 0.1) is 13.8 Å². The lowest BCUT2D eigenvalue weighted by atomic mass is 10.2.